The molecule has 0 aliphatic heterocycles. The van der Waals surface area contributed by atoms with Crippen molar-refractivity contribution in [1.82, 2.24) is 10.2 Å². The fraction of sp³-hybridized carbons (Fsp3) is 0.562. The molecule has 0 aromatic heterocycles. The molecule has 0 bridgehead atoms. The van der Waals surface area contributed by atoms with Gasteiger partial charge in [0.2, 0.25) is 0 Å². The van der Waals surface area contributed by atoms with Crippen molar-refractivity contribution in [3.8, 4) is 0 Å². The first kappa shape index (κ1) is 18.5. The van der Waals surface area contributed by atoms with Crippen LogP contribution in [0.15, 0.2) is 28.7 Å². The van der Waals surface area contributed by atoms with Gasteiger partial charge in [-0.2, -0.15) is 0 Å². The van der Waals surface area contributed by atoms with Crippen molar-refractivity contribution in [3.63, 3.8) is 0 Å². The van der Waals surface area contributed by atoms with Crippen molar-refractivity contribution in [1.29, 1.82) is 0 Å². The second-order valence-electron chi connectivity index (χ2n) is 5.84. The lowest BCUT2D eigenvalue weighted by Gasteiger charge is -2.43. The van der Waals surface area contributed by atoms with Crippen LogP contribution in [0.3, 0.4) is 0 Å². The van der Waals surface area contributed by atoms with E-state index in [0.717, 1.165) is 23.9 Å². The van der Waals surface area contributed by atoms with Crippen LogP contribution in [-0.4, -0.2) is 37.0 Å². The van der Waals surface area contributed by atoms with E-state index in [9.17, 15) is 4.79 Å². The highest BCUT2D eigenvalue weighted by atomic mass is 79.9. The number of halogens is 2. The Morgan fingerprint density at radius 3 is 2.43 bits per heavy atom. The lowest BCUT2D eigenvalue weighted by molar-refractivity contribution is 0.0799. The molecule has 5 heteroatoms. The van der Waals surface area contributed by atoms with Gasteiger partial charge in [0.1, 0.15) is 0 Å². The van der Waals surface area contributed by atoms with Gasteiger partial charge in [-0.25, -0.2) is 0 Å². The van der Waals surface area contributed by atoms with Crippen molar-refractivity contribution >= 4 is 34.2 Å². The quantitative estimate of drug-likeness (QED) is 0.866. The zero-order valence-electron chi connectivity index (χ0n) is 12.7. The normalized spacial score (nSPS) is 17.1. The Kier molecular flexibility index (Phi) is 7.17. The molecular weight excluding hydrogens is 352 g/mol. The van der Waals surface area contributed by atoms with E-state index in [4.69, 9.17) is 0 Å². The number of nitrogens with one attached hydrogen (secondary N) is 1. The predicted octanol–water partition coefficient (Wildman–Crippen LogP) is 3.87. The summed E-state index contributed by atoms with van der Waals surface area (Å²) in [7, 11) is 4.24. The maximum atomic E-state index is 12.3. The summed E-state index contributed by atoms with van der Waals surface area (Å²) in [6, 6.07) is 7.56. The maximum absolute atomic E-state index is 12.3. The SMILES string of the molecule is CN(C)C1(CNC(=O)c2ccccc2Br)CCCCC1.Cl. The lowest BCUT2D eigenvalue weighted by atomic mass is 9.80. The molecule has 0 unspecified atom stereocenters. The van der Waals surface area contributed by atoms with Crippen molar-refractivity contribution in [2.45, 2.75) is 37.6 Å². The number of carbonyl (C=O) groups excluding carboxylic acids is 1. The fourth-order valence-electron chi connectivity index (χ4n) is 2.98. The molecule has 1 amide bonds. The van der Waals surface area contributed by atoms with Crippen LogP contribution in [0, 0.1) is 0 Å². The fourth-order valence-corrected chi connectivity index (χ4v) is 3.44. The number of hydrogen-bond donors (Lipinski definition) is 1. The molecule has 1 saturated carbocycles. The molecular formula is C16H24BrClN2O. The lowest BCUT2D eigenvalue weighted by Crippen LogP contribution is -2.53. The highest BCUT2D eigenvalue weighted by Crippen LogP contribution is 2.31. The van der Waals surface area contributed by atoms with Gasteiger partial charge in [0.25, 0.3) is 5.91 Å². The van der Waals surface area contributed by atoms with E-state index in [2.05, 4.69) is 40.2 Å². The molecule has 0 atom stereocenters. The Labute approximate surface area is 142 Å². The molecule has 1 aliphatic carbocycles. The number of likely N-dealkylation sites (N-methyl/N-ethyl adjacent to an activating group) is 1. The monoisotopic (exact) mass is 374 g/mol. The van der Waals surface area contributed by atoms with E-state index >= 15 is 0 Å². The third-order valence-corrected chi connectivity index (χ3v) is 5.12. The van der Waals surface area contributed by atoms with Gasteiger partial charge in [-0.1, -0.05) is 31.4 Å². The Morgan fingerprint density at radius 1 is 1.24 bits per heavy atom. The molecule has 21 heavy (non-hydrogen) atoms. The van der Waals surface area contributed by atoms with Crippen LogP contribution in [0.2, 0.25) is 0 Å². The number of benzene rings is 1. The molecule has 1 aromatic carbocycles. The van der Waals surface area contributed by atoms with Crippen LogP contribution in [0.4, 0.5) is 0 Å². The third-order valence-electron chi connectivity index (χ3n) is 4.43. The second kappa shape index (κ2) is 8.16. The van der Waals surface area contributed by atoms with Crippen molar-refractivity contribution in [2.75, 3.05) is 20.6 Å². The molecule has 1 aliphatic rings. The van der Waals surface area contributed by atoms with Crippen LogP contribution in [-0.2, 0) is 0 Å². The number of amides is 1. The maximum Gasteiger partial charge on any atom is 0.252 e. The minimum atomic E-state index is 0. The minimum Gasteiger partial charge on any atom is -0.350 e. The Bertz CT molecular complexity index is 473. The highest BCUT2D eigenvalue weighted by molar-refractivity contribution is 9.10. The van der Waals surface area contributed by atoms with Gasteiger partial charge in [-0.05, 0) is 55.0 Å². The third kappa shape index (κ3) is 4.44. The van der Waals surface area contributed by atoms with E-state index < -0.39 is 0 Å². The molecule has 118 valence electrons. The summed E-state index contributed by atoms with van der Waals surface area (Å²) < 4.78 is 0.847. The standard InChI is InChI=1S/C16H23BrN2O.ClH/c1-19(2)16(10-6-3-7-11-16)12-18-15(20)13-8-4-5-9-14(13)17;/h4-5,8-9H,3,6-7,10-12H2,1-2H3,(H,18,20);1H. The summed E-state index contributed by atoms with van der Waals surface area (Å²) in [6.45, 7) is 0.722. The van der Waals surface area contributed by atoms with Crippen LogP contribution >= 0.6 is 28.3 Å². The first-order valence-corrected chi connectivity index (χ1v) is 8.05. The Morgan fingerprint density at radius 2 is 1.86 bits per heavy atom. The van der Waals surface area contributed by atoms with Gasteiger partial charge in [0, 0.05) is 16.6 Å². The molecule has 0 heterocycles. The van der Waals surface area contributed by atoms with Crippen molar-refractivity contribution in [2.24, 2.45) is 0 Å². The van der Waals surface area contributed by atoms with Gasteiger partial charge in [-0.3, -0.25) is 4.79 Å². The largest absolute Gasteiger partial charge is 0.350 e. The predicted molar refractivity (Wildman–Crippen MR) is 93.2 cm³/mol. The molecule has 0 radical (unpaired) electrons. The number of carbonyl (C=O) groups is 1. The molecule has 3 nitrogen and oxygen atoms in total. The zero-order valence-corrected chi connectivity index (χ0v) is 15.1. The molecule has 1 N–H and O–H groups in total. The van der Waals surface area contributed by atoms with Gasteiger partial charge >= 0.3 is 0 Å². The van der Waals surface area contributed by atoms with E-state index in [-0.39, 0.29) is 23.9 Å². The molecule has 0 spiro atoms. The van der Waals surface area contributed by atoms with E-state index in [1.807, 2.05) is 24.3 Å². The van der Waals surface area contributed by atoms with Crippen molar-refractivity contribution in [3.05, 3.63) is 34.3 Å². The zero-order chi connectivity index (χ0) is 14.6. The van der Waals surface area contributed by atoms with Crippen LogP contribution in [0.1, 0.15) is 42.5 Å². The van der Waals surface area contributed by atoms with Gasteiger partial charge < -0.3 is 10.2 Å². The van der Waals surface area contributed by atoms with Crippen LogP contribution < -0.4 is 5.32 Å². The second-order valence-corrected chi connectivity index (χ2v) is 6.70. The molecule has 2 rings (SSSR count). The molecule has 1 aromatic rings. The van der Waals surface area contributed by atoms with Gasteiger partial charge in [0.05, 0.1) is 5.56 Å². The average molecular weight is 376 g/mol. The minimum absolute atomic E-state index is 0. The highest BCUT2D eigenvalue weighted by Gasteiger charge is 2.34. The van der Waals surface area contributed by atoms with E-state index in [1.54, 1.807) is 0 Å². The van der Waals surface area contributed by atoms with Crippen LogP contribution in [0.25, 0.3) is 0 Å². The smallest absolute Gasteiger partial charge is 0.252 e. The molecule has 1 fully saturated rings. The summed E-state index contributed by atoms with van der Waals surface area (Å²) >= 11 is 3.43. The number of rotatable bonds is 4. The Hall–Kier alpha value is -0.580. The van der Waals surface area contributed by atoms with E-state index in [1.165, 1.54) is 19.3 Å². The summed E-state index contributed by atoms with van der Waals surface area (Å²) in [6.07, 6.45) is 6.15. The summed E-state index contributed by atoms with van der Waals surface area (Å²) in [5.41, 5.74) is 0.826. The molecule has 0 saturated heterocycles. The van der Waals surface area contributed by atoms with Crippen LogP contribution in [0.5, 0.6) is 0 Å². The summed E-state index contributed by atoms with van der Waals surface area (Å²) in [5, 5.41) is 3.12. The number of nitrogens with zero attached hydrogens (tertiary/aromatic N) is 1. The summed E-state index contributed by atoms with van der Waals surface area (Å²) in [4.78, 5) is 14.6. The van der Waals surface area contributed by atoms with Gasteiger partial charge in [0.15, 0.2) is 0 Å². The van der Waals surface area contributed by atoms with Crippen molar-refractivity contribution < 1.29 is 4.79 Å². The topological polar surface area (TPSA) is 32.3 Å². The first-order valence-electron chi connectivity index (χ1n) is 7.25. The van der Waals surface area contributed by atoms with E-state index in [0.29, 0.717) is 5.56 Å². The van der Waals surface area contributed by atoms with Gasteiger partial charge in [-0.15, -0.1) is 12.4 Å². The summed E-state index contributed by atoms with van der Waals surface area (Å²) in [5.74, 6) is 0.00396. The number of hydrogen-bond acceptors (Lipinski definition) is 2. The Balaban J connectivity index is 0.00000220. The first-order chi connectivity index (χ1) is 9.55. The average Bonchev–Trinajstić information content (AvgIpc) is 2.46.